The van der Waals surface area contributed by atoms with Crippen LogP contribution in [0.3, 0.4) is 0 Å². The molecule has 1 rings (SSSR count). The molecule has 0 aliphatic carbocycles. The maximum absolute atomic E-state index is 13.0. The van der Waals surface area contributed by atoms with Crippen LogP contribution in [0, 0.1) is 5.82 Å². The third-order valence-electron chi connectivity index (χ3n) is 2.46. The van der Waals surface area contributed by atoms with Gasteiger partial charge in [-0.1, -0.05) is 19.1 Å². The number of carbonyl (C=O) groups excluding carboxylic acids is 1. The largest absolute Gasteiger partial charge is 0.462 e. The molecule has 0 saturated heterocycles. The summed E-state index contributed by atoms with van der Waals surface area (Å²) < 4.78 is 18.1. The van der Waals surface area contributed by atoms with Gasteiger partial charge in [-0.15, -0.1) is 0 Å². The Bertz CT molecular complexity index is 393. The smallest absolute Gasteiger partial charge is 0.320 e. The molecule has 0 aliphatic heterocycles. The normalized spacial score (nSPS) is 11.0. The van der Waals surface area contributed by atoms with E-state index in [9.17, 15) is 9.18 Å². The molecule has 0 saturated carbocycles. The van der Waals surface area contributed by atoms with Crippen molar-refractivity contribution in [1.82, 2.24) is 4.90 Å². The number of carbonyl (C=O) groups is 1. The van der Waals surface area contributed by atoms with Crippen molar-refractivity contribution in [2.75, 3.05) is 13.1 Å². The van der Waals surface area contributed by atoms with E-state index in [-0.39, 0.29) is 24.4 Å². The van der Waals surface area contributed by atoms with E-state index in [2.05, 4.69) is 0 Å². The maximum atomic E-state index is 13.0. The molecule has 1 aromatic rings. The van der Waals surface area contributed by atoms with Gasteiger partial charge in [0.25, 0.3) is 0 Å². The number of likely N-dealkylation sites (N-methyl/N-ethyl adjacent to an activating group) is 1. The fourth-order valence-corrected chi connectivity index (χ4v) is 1.66. The van der Waals surface area contributed by atoms with E-state index < -0.39 is 0 Å². The summed E-state index contributed by atoms with van der Waals surface area (Å²) in [7, 11) is 0. The quantitative estimate of drug-likeness (QED) is 0.730. The van der Waals surface area contributed by atoms with E-state index in [0.29, 0.717) is 13.1 Å². The van der Waals surface area contributed by atoms with Crippen LogP contribution in [0.4, 0.5) is 4.39 Å². The average Bonchev–Trinajstić information content (AvgIpc) is 2.27. The first-order valence-corrected chi connectivity index (χ1v) is 6.17. The van der Waals surface area contributed by atoms with Gasteiger partial charge in [-0.2, -0.15) is 0 Å². The summed E-state index contributed by atoms with van der Waals surface area (Å²) in [5.41, 5.74) is 0.856. The molecule has 0 atom stereocenters. The van der Waals surface area contributed by atoms with Gasteiger partial charge in [0.05, 0.1) is 12.6 Å². The van der Waals surface area contributed by atoms with Crippen LogP contribution in [0.25, 0.3) is 0 Å². The van der Waals surface area contributed by atoms with Crippen LogP contribution in [0.5, 0.6) is 0 Å². The molecule has 0 fully saturated rings. The topological polar surface area (TPSA) is 29.5 Å². The second-order valence-corrected chi connectivity index (χ2v) is 4.47. The summed E-state index contributed by atoms with van der Waals surface area (Å²) >= 11 is 0. The Balaban J connectivity index is 2.54. The highest BCUT2D eigenvalue weighted by Crippen LogP contribution is 2.07. The Hall–Kier alpha value is -1.42. The van der Waals surface area contributed by atoms with E-state index in [1.807, 2.05) is 31.7 Å². The van der Waals surface area contributed by atoms with Crippen LogP contribution in [0.1, 0.15) is 26.3 Å². The molecule has 0 amide bonds. The fourth-order valence-electron chi connectivity index (χ4n) is 1.66. The number of halogens is 1. The van der Waals surface area contributed by atoms with Crippen molar-refractivity contribution in [2.45, 2.75) is 33.4 Å². The summed E-state index contributed by atoms with van der Waals surface area (Å²) in [4.78, 5) is 13.5. The SMILES string of the molecule is CCN(CC(=O)OC(C)C)Cc1cccc(F)c1. The van der Waals surface area contributed by atoms with Crippen LogP contribution in [-0.2, 0) is 16.1 Å². The van der Waals surface area contributed by atoms with Crippen molar-refractivity contribution in [3.8, 4) is 0 Å². The monoisotopic (exact) mass is 253 g/mol. The predicted octanol–water partition coefficient (Wildman–Crippen LogP) is 2.60. The zero-order valence-corrected chi connectivity index (χ0v) is 11.1. The van der Waals surface area contributed by atoms with E-state index >= 15 is 0 Å². The van der Waals surface area contributed by atoms with Crippen molar-refractivity contribution in [3.63, 3.8) is 0 Å². The van der Waals surface area contributed by atoms with Gasteiger partial charge in [-0.3, -0.25) is 9.69 Å². The van der Waals surface area contributed by atoms with Gasteiger partial charge in [-0.05, 0) is 38.1 Å². The second-order valence-electron chi connectivity index (χ2n) is 4.47. The van der Waals surface area contributed by atoms with Crippen LogP contribution in [-0.4, -0.2) is 30.1 Å². The first kappa shape index (κ1) is 14.6. The maximum Gasteiger partial charge on any atom is 0.320 e. The van der Waals surface area contributed by atoms with Crippen molar-refractivity contribution < 1.29 is 13.9 Å². The molecule has 18 heavy (non-hydrogen) atoms. The Morgan fingerprint density at radius 3 is 2.72 bits per heavy atom. The number of benzene rings is 1. The van der Waals surface area contributed by atoms with Crippen molar-refractivity contribution in [2.24, 2.45) is 0 Å². The van der Waals surface area contributed by atoms with Gasteiger partial charge in [0.2, 0.25) is 0 Å². The summed E-state index contributed by atoms with van der Waals surface area (Å²) in [6.07, 6.45) is -0.106. The van der Waals surface area contributed by atoms with Gasteiger partial charge < -0.3 is 4.74 Å². The van der Waals surface area contributed by atoms with Gasteiger partial charge in [0.1, 0.15) is 5.82 Å². The van der Waals surface area contributed by atoms with E-state index in [4.69, 9.17) is 4.74 Å². The molecule has 100 valence electrons. The zero-order valence-electron chi connectivity index (χ0n) is 11.1. The van der Waals surface area contributed by atoms with E-state index in [1.165, 1.54) is 12.1 Å². The Kier molecular flexibility index (Phi) is 5.78. The number of rotatable bonds is 6. The standard InChI is InChI=1S/C14H20FNO2/c1-4-16(10-14(17)18-11(2)3)9-12-6-5-7-13(15)8-12/h5-8,11H,4,9-10H2,1-3H3. The summed E-state index contributed by atoms with van der Waals surface area (Å²) in [6, 6.07) is 6.41. The predicted molar refractivity (Wildman–Crippen MR) is 68.6 cm³/mol. The minimum atomic E-state index is -0.256. The van der Waals surface area contributed by atoms with Gasteiger partial charge in [0.15, 0.2) is 0 Å². The summed E-state index contributed by atoms with van der Waals surface area (Å²) in [5, 5.41) is 0. The van der Waals surface area contributed by atoms with Gasteiger partial charge >= 0.3 is 5.97 Å². The molecule has 0 heterocycles. The van der Waals surface area contributed by atoms with Crippen molar-refractivity contribution in [3.05, 3.63) is 35.6 Å². The van der Waals surface area contributed by atoms with Crippen molar-refractivity contribution >= 4 is 5.97 Å². The third-order valence-corrected chi connectivity index (χ3v) is 2.46. The molecule has 3 nitrogen and oxygen atoms in total. The van der Waals surface area contributed by atoms with Gasteiger partial charge in [-0.25, -0.2) is 4.39 Å². The van der Waals surface area contributed by atoms with E-state index in [1.54, 1.807) is 6.07 Å². The molecule has 0 radical (unpaired) electrons. The summed E-state index contributed by atoms with van der Waals surface area (Å²) in [5.74, 6) is -0.503. The molecule has 4 heteroatoms. The zero-order chi connectivity index (χ0) is 13.5. The molecular weight excluding hydrogens is 233 g/mol. The molecule has 0 spiro atoms. The number of hydrogen-bond donors (Lipinski definition) is 0. The lowest BCUT2D eigenvalue weighted by Crippen LogP contribution is -2.31. The lowest BCUT2D eigenvalue weighted by Gasteiger charge is -2.20. The fraction of sp³-hybridized carbons (Fsp3) is 0.500. The van der Waals surface area contributed by atoms with Crippen LogP contribution >= 0.6 is 0 Å². The molecule has 0 N–H and O–H groups in total. The Morgan fingerprint density at radius 2 is 2.17 bits per heavy atom. The molecule has 0 aromatic heterocycles. The van der Waals surface area contributed by atoms with E-state index in [0.717, 1.165) is 5.56 Å². The minimum Gasteiger partial charge on any atom is -0.462 e. The van der Waals surface area contributed by atoms with Crippen molar-refractivity contribution in [1.29, 1.82) is 0 Å². The number of nitrogens with zero attached hydrogens (tertiary/aromatic N) is 1. The molecule has 1 aromatic carbocycles. The molecule has 0 aliphatic rings. The number of esters is 1. The number of hydrogen-bond acceptors (Lipinski definition) is 3. The van der Waals surface area contributed by atoms with Crippen LogP contribution in [0.2, 0.25) is 0 Å². The van der Waals surface area contributed by atoms with Crippen LogP contribution < -0.4 is 0 Å². The first-order chi connectivity index (χ1) is 8.51. The third kappa shape index (κ3) is 5.27. The lowest BCUT2D eigenvalue weighted by atomic mass is 10.2. The average molecular weight is 253 g/mol. The minimum absolute atomic E-state index is 0.106. The first-order valence-electron chi connectivity index (χ1n) is 6.17. The highest BCUT2D eigenvalue weighted by molar-refractivity contribution is 5.71. The molecule has 0 bridgehead atoms. The number of ether oxygens (including phenoxy) is 1. The molecule has 0 unspecified atom stereocenters. The van der Waals surface area contributed by atoms with Gasteiger partial charge in [0, 0.05) is 6.54 Å². The molecular formula is C14H20FNO2. The lowest BCUT2D eigenvalue weighted by molar-refractivity contribution is -0.148. The Labute approximate surface area is 108 Å². The highest BCUT2D eigenvalue weighted by Gasteiger charge is 2.12. The second kappa shape index (κ2) is 7.11. The highest BCUT2D eigenvalue weighted by atomic mass is 19.1. The van der Waals surface area contributed by atoms with Crippen LogP contribution in [0.15, 0.2) is 24.3 Å². The summed E-state index contributed by atoms with van der Waals surface area (Å²) in [6.45, 7) is 7.08. The Morgan fingerprint density at radius 1 is 1.44 bits per heavy atom.